The van der Waals surface area contributed by atoms with Gasteiger partial charge in [0.15, 0.2) is 0 Å². The van der Waals surface area contributed by atoms with Crippen molar-refractivity contribution in [3.05, 3.63) is 0 Å². The molecule has 1 N–H and O–H groups in total. The molecule has 0 spiro atoms. The molecule has 1 saturated heterocycles. The van der Waals surface area contributed by atoms with E-state index in [0.717, 1.165) is 24.2 Å². The Hall–Kier alpha value is -0.0800. The van der Waals surface area contributed by atoms with E-state index in [2.05, 4.69) is 18.7 Å². The van der Waals surface area contributed by atoms with E-state index in [0.29, 0.717) is 0 Å². The normalized spacial score (nSPS) is 37.7. The van der Waals surface area contributed by atoms with Crippen molar-refractivity contribution in [1.29, 1.82) is 0 Å². The molecule has 0 aromatic carbocycles. The molecule has 110 valence electrons. The molecule has 19 heavy (non-hydrogen) atoms. The molecule has 3 rings (SSSR count). The fraction of sp³-hybridized carbons (Fsp3) is 1.00. The van der Waals surface area contributed by atoms with Gasteiger partial charge < -0.3 is 5.11 Å². The summed E-state index contributed by atoms with van der Waals surface area (Å²) < 4.78 is 0. The van der Waals surface area contributed by atoms with E-state index >= 15 is 0 Å². The zero-order valence-corrected chi connectivity index (χ0v) is 12.8. The fourth-order valence-corrected chi connectivity index (χ4v) is 4.92. The molecule has 0 radical (unpaired) electrons. The van der Waals surface area contributed by atoms with Gasteiger partial charge in [-0.15, -0.1) is 0 Å². The maximum Gasteiger partial charge on any atom is 0.0721 e. The molecule has 1 heterocycles. The molecule has 3 fully saturated rings. The maximum atomic E-state index is 10.8. The number of aliphatic hydroxyl groups excluding tert-OH is 1. The fourth-order valence-electron chi connectivity index (χ4n) is 4.92. The Bertz CT molecular complexity index is 308. The van der Waals surface area contributed by atoms with Crippen molar-refractivity contribution >= 4 is 0 Å². The van der Waals surface area contributed by atoms with Gasteiger partial charge >= 0.3 is 0 Å². The van der Waals surface area contributed by atoms with Crippen LogP contribution >= 0.6 is 0 Å². The number of fused-ring (bicyclic) bond motifs is 2. The standard InChI is InChI=1S/C17H31NO/c1-17(2,18-8-4-3-5-9-18)16(19)12-15-11-13-6-7-14(15)10-13/h13-16,19H,3-12H2,1-2H3. The van der Waals surface area contributed by atoms with Crippen LogP contribution in [0.4, 0.5) is 0 Å². The molecular weight excluding hydrogens is 234 g/mol. The second-order valence-electron chi connectivity index (χ2n) is 7.89. The summed E-state index contributed by atoms with van der Waals surface area (Å²) in [6, 6.07) is 0. The molecule has 2 bridgehead atoms. The van der Waals surface area contributed by atoms with E-state index < -0.39 is 0 Å². The molecule has 2 aliphatic carbocycles. The van der Waals surface area contributed by atoms with Gasteiger partial charge in [0.2, 0.25) is 0 Å². The SMILES string of the molecule is CC(C)(C(O)CC1CC2CCC1C2)N1CCCCC1. The average Bonchev–Trinajstić information content (AvgIpc) is 3.02. The van der Waals surface area contributed by atoms with Crippen LogP contribution in [0.25, 0.3) is 0 Å². The summed E-state index contributed by atoms with van der Waals surface area (Å²) in [5.74, 6) is 2.76. The summed E-state index contributed by atoms with van der Waals surface area (Å²) >= 11 is 0. The van der Waals surface area contributed by atoms with E-state index in [1.165, 1.54) is 58.0 Å². The Balaban J connectivity index is 1.57. The van der Waals surface area contributed by atoms with Gasteiger partial charge in [-0.1, -0.05) is 12.8 Å². The molecule has 0 aromatic heterocycles. The Kier molecular flexibility index (Phi) is 3.92. The zero-order valence-electron chi connectivity index (χ0n) is 12.8. The van der Waals surface area contributed by atoms with E-state index in [1.54, 1.807) is 0 Å². The van der Waals surface area contributed by atoms with Gasteiger partial charge in [0.05, 0.1) is 6.10 Å². The second-order valence-corrected chi connectivity index (χ2v) is 7.89. The van der Waals surface area contributed by atoms with Gasteiger partial charge in [0.25, 0.3) is 0 Å². The highest BCUT2D eigenvalue weighted by atomic mass is 16.3. The summed E-state index contributed by atoms with van der Waals surface area (Å²) in [7, 11) is 0. The quantitative estimate of drug-likeness (QED) is 0.841. The van der Waals surface area contributed by atoms with Crippen molar-refractivity contribution in [1.82, 2.24) is 4.90 Å². The summed E-state index contributed by atoms with van der Waals surface area (Å²) in [5, 5.41) is 10.8. The number of likely N-dealkylation sites (tertiary alicyclic amines) is 1. The third kappa shape index (κ3) is 2.71. The number of piperidine rings is 1. The van der Waals surface area contributed by atoms with Gasteiger partial charge in [0, 0.05) is 5.54 Å². The van der Waals surface area contributed by atoms with Gasteiger partial charge in [-0.3, -0.25) is 4.90 Å². The first-order chi connectivity index (χ1) is 9.07. The minimum Gasteiger partial charge on any atom is -0.391 e. The topological polar surface area (TPSA) is 23.5 Å². The maximum absolute atomic E-state index is 10.8. The third-order valence-corrected chi connectivity index (χ3v) is 6.40. The van der Waals surface area contributed by atoms with Crippen LogP contribution in [0, 0.1) is 17.8 Å². The second kappa shape index (κ2) is 5.37. The minimum absolute atomic E-state index is 0.0255. The highest BCUT2D eigenvalue weighted by Gasteiger charge is 2.43. The first-order valence-electron chi connectivity index (χ1n) is 8.50. The smallest absolute Gasteiger partial charge is 0.0721 e. The van der Waals surface area contributed by atoms with Crippen molar-refractivity contribution < 1.29 is 5.11 Å². The highest BCUT2D eigenvalue weighted by Crippen LogP contribution is 2.50. The van der Waals surface area contributed by atoms with Crippen LogP contribution in [0.3, 0.4) is 0 Å². The molecule has 0 amide bonds. The Morgan fingerprint density at radius 3 is 2.42 bits per heavy atom. The van der Waals surface area contributed by atoms with Crippen LogP contribution in [-0.2, 0) is 0 Å². The number of aliphatic hydroxyl groups is 1. The van der Waals surface area contributed by atoms with Crippen LogP contribution in [0.15, 0.2) is 0 Å². The minimum atomic E-state index is -0.144. The molecule has 4 atom stereocenters. The van der Waals surface area contributed by atoms with Crippen LogP contribution in [0.5, 0.6) is 0 Å². The lowest BCUT2D eigenvalue weighted by atomic mass is 9.80. The highest BCUT2D eigenvalue weighted by molar-refractivity contribution is 4.96. The van der Waals surface area contributed by atoms with E-state index in [9.17, 15) is 5.11 Å². The summed E-state index contributed by atoms with van der Waals surface area (Å²) in [4.78, 5) is 2.54. The molecule has 4 unspecified atom stereocenters. The van der Waals surface area contributed by atoms with Gasteiger partial charge in [-0.2, -0.15) is 0 Å². The van der Waals surface area contributed by atoms with E-state index in [-0.39, 0.29) is 11.6 Å². The molecule has 2 saturated carbocycles. The number of hydrogen-bond donors (Lipinski definition) is 1. The lowest BCUT2D eigenvalue weighted by molar-refractivity contribution is -0.0341. The van der Waals surface area contributed by atoms with E-state index in [4.69, 9.17) is 0 Å². The van der Waals surface area contributed by atoms with Crippen LogP contribution in [-0.4, -0.2) is 34.7 Å². The Morgan fingerprint density at radius 1 is 1.11 bits per heavy atom. The predicted molar refractivity (Wildman–Crippen MR) is 79.1 cm³/mol. The lowest BCUT2D eigenvalue weighted by Crippen LogP contribution is -2.54. The van der Waals surface area contributed by atoms with Gasteiger partial charge in [-0.05, 0) is 83.2 Å². The molecule has 3 aliphatic rings. The molecule has 2 nitrogen and oxygen atoms in total. The average molecular weight is 265 g/mol. The van der Waals surface area contributed by atoms with Gasteiger partial charge in [0.1, 0.15) is 0 Å². The number of nitrogens with zero attached hydrogens (tertiary/aromatic N) is 1. The number of hydrogen-bond acceptors (Lipinski definition) is 2. The molecular formula is C17H31NO. The molecule has 0 aromatic rings. The third-order valence-electron chi connectivity index (χ3n) is 6.40. The van der Waals surface area contributed by atoms with Crippen molar-refractivity contribution in [3.8, 4) is 0 Å². The Morgan fingerprint density at radius 2 is 1.84 bits per heavy atom. The van der Waals surface area contributed by atoms with Gasteiger partial charge in [-0.25, -0.2) is 0 Å². The summed E-state index contributed by atoms with van der Waals surface area (Å²) in [6.07, 6.45) is 10.7. The van der Waals surface area contributed by atoms with E-state index in [1.807, 2.05) is 0 Å². The predicted octanol–water partition coefficient (Wildman–Crippen LogP) is 3.44. The van der Waals surface area contributed by atoms with Crippen LogP contribution in [0.1, 0.15) is 65.2 Å². The van der Waals surface area contributed by atoms with Crippen molar-refractivity contribution in [2.75, 3.05) is 13.1 Å². The zero-order chi connectivity index (χ0) is 13.5. The van der Waals surface area contributed by atoms with Crippen molar-refractivity contribution in [3.63, 3.8) is 0 Å². The molecule has 1 aliphatic heterocycles. The monoisotopic (exact) mass is 265 g/mol. The first kappa shape index (κ1) is 13.9. The first-order valence-corrected chi connectivity index (χ1v) is 8.50. The lowest BCUT2D eigenvalue weighted by Gasteiger charge is -2.45. The largest absolute Gasteiger partial charge is 0.391 e. The molecule has 2 heteroatoms. The van der Waals surface area contributed by atoms with Crippen LogP contribution in [0.2, 0.25) is 0 Å². The summed E-state index contributed by atoms with van der Waals surface area (Å²) in [6.45, 7) is 6.88. The summed E-state index contributed by atoms with van der Waals surface area (Å²) in [5.41, 5.74) is -0.0255. The van der Waals surface area contributed by atoms with Crippen LogP contribution < -0.4 is 0 Å². The van der Waals surface area contributed by atoms with Crippen molar-refractivity contribution in [2.24, 2.45) is 17.8 Å². The Labute approximate surface area is 118 Å². The van der Waals surface area contributed by atoms with Crippen molar-refractivity contribution in [2.45, 2.75) is 76.9 Å². The number of rotatable bonds is 4.